The van der Waals surface area contributed by atoms with Crippen LogP contribution in [0.3, 0.4) is 0 Å². The fourth-order valence-corrected chi connectivity index (χ4v) is 1.14. The molecule has 3 nitrogen and oxygen atoms in total. The van der Waals surface area contributed by atoms with Crippen LogP contribution >= 0.6 is 0 Å². The maximum Gasteiger partial charge on any atom is 0.305 e. The van der Waals surface area contributed by atoms with Crippen molar-refractivity contribution in [3.8, 4) is 0 Å². The van der Waals surface area contributed by atoms with Gasteiger partial charge in [0, 0.05) is 11.7 Å². The molecule has 0 aliphatic heterocycles. The zero-order valence-electron chi connectivity index (χ0n) is 7.83. The Bertz CT molecular complexity index is 310. The highest BCUT2D eigenvalue weighted by Gasteiger charge is 2.06. The fourth-order valence-electron chi connectivity index (χ4n) is 1.14. The molecule has 0 fully saturated rings. The third-order valence-electron chi connectivity index (χ3n) is 1.74. The molecule has 1 aromatic carbocycles. The quantitative estimate of drug-likeness (QED) is 0.777. The van der Waals surface area contributed by atoms with Crippen molar-refractivity contribution in [2.45, 2.75) is 19.4 Å². The molecule has 14 heavy (non-hydrogen) atoms. The number of carboxylic acids is 1. The van der Waals surface area contributed by atoms with E-state index in [1.807, 2.05) is 0 Å². The maximum absolute atomic E-state index is 12.5. The fraction of sp³-hybridized carbons (Fsp3) is 0.300. The molecular weight excluding hydrogens is 185 g/mol. The Balaban J connectivity index is 2.51. The monoisotopic (exact) mass is 197 g/mol. The predicted molar refractivity (Wildman–Crippen MR) is 51.7 cm³/mol. The molecular formula is C10H12FNO2. The van der Waals surface area contributed by atoms with Crippen LogP contribution in [0.25, 0.3) is 0 Å². The minimum atomic E-state index is -0.855. The number of halogens is 1. The lowest BCUT2D eigenvalue weighted by Gasteiger charge is -2.12. The van der Waals surface area contributed by atoms with Gasteiger partial charge in [-0.05, 0) is 31.2 Å². The van der Waals surface area contributed by atoms with E-state index < -0.39 is 5.97 Å². The van der Waals surface area contributed by atoms with E-state index in [1.165, 1.54) is 12.1 Å². The van der Waals surface area contributed by atoms with E-state index in [0.717, 1.165) is 5.69 Å². The largest absolute Gasteiger partial charge is 0.481 e. The summed E-state index contributed by atoms with van der Waals surface area (Å²) in [5.41, 5.74) is 0.722. The molecule has 0 bridgehead atoms. The number of nitrogens with one attached hydrogen (secondary N) is 1. The highest BCUT2D eigenvalue weighted by Crippen LogP contribution is 2.10. The van der Waals surface area contributed by atoms with Gasteiger partial charge in [-0.2, -0.15) is 0 Å². The molecule has 76 valence electrons. The summed E-state index contributed by atoms with van der Waals surface area (Å²) in [6, 6.07) is 5.64. The van der Waals surface area contributed by atoms with Gasteiger partial charge < -0.3 is 10.4 Å². The summed E-state index contributed by atoms with van der Waals surface area (Å²) in [4.78, 5) is 10.4. The zero-order chi connectivity index (χ0) is 10.6. The van der Waals surface area contributed by atoms with Crippen LogP contribution in [0, 0.1) is 5.82 Å². The Hall–Kier alpha value is -1.58. The molecule has 1 rings (SSSR count). The summed E-state index contributed by atoms with van der Waals surface area (Å²) in [5, 5.41) is 11.5. The molecule has 2 N–H and O–H groups in total. The number of anilines is 1. The van der Waals surface area contributed by atoms with Crippen molar-refractivity contribution < 1.29 is 14.3 Å². The third kappa shape index (κ3) is 3.43. The minimum absolute atomic E-state index is 0.0391. The van der Waals surface area contributed by atoms with Gasteiger partial charge in [-0.3, -0.25) is 4.79 Å². The lowest BCUT2D eigenvalue weighted by Crippen LogP contribution is -2.19. The summed E-state index contributed by atoms with van der Waals surface area (Å²) in [6.07, 6.45) is 0.0391. The van der Waals surface area contributed by atoms with Crippen LogP contribution in [0.2, 0.25) is 0 Å². The van der Waals surface area contributed by atoms with E-state index in [4.69, 9.17) is 5.11 Å². The first-order chi connectivity index (χ1) is 6.58. The van der Waals surface area contributed by atoms with Crippen molar-refractivity contribution in [2.24, 2.45) is 0 Å². The molecule has 1 unspecified atom stereocenters. The van der Waals surface area contributed by atoms with Crippen LogP contribution in [0.5, 0.6) is 0 Å². The standard InChI is InChI=1S/C10H12FNO2/c1-7(6-10(13)14)12-9-4-2-8(11)3-5-9/h2-5,7,12H,6H2,1H3,(H,13,14). The molecule has 0 saturated carbocycles. The van der Waals surface area contributed by atoms with Gasteiger partial charge in [0.05, 0.1) is 6.42 Å². The van der Waals surface area contributed by atoms with Gasteiger partial charge in [-0.1, -0.05) is 0 Å². The number of hydrogen-bond acceptors (Lipinski definition) is 2. The number of hydrogen-bond donors (Lipinski definition) is 2. The van der Waals surface area contributed by atoms with Gasteiger partial charge in [0.25, 0.3) is 0 Å². The van der Waals surface area contributed by atoms with Crippen molar-refractivity contribution in [2.75, 3.05) is 5.32 Å². The Labute approximate surface area is 81.6 Å². The van der Waals surface area contributed by atoms with Crippen molar-refractivity contribution >= 4 is 11.7 Å². The van der Waals surface area contributed by atoms with Crippen LogP contribution < -0.4 is 5.32 Å². The van der Waals surface area contributed by atoms with E-state index in [-0.39, 0.29) is 18.3 Å². The van der Waals surface area contributed by atoms with Crippen LogP contribution in [0.1, 0.15) is 13.3 Å². The molecule has 0 aromatic heterocycles. The number of benzene rings is 1. The van der Waals surface area contributed by atoms with E-state index in [2.05, 4.69) is 5.32 Å². The molecule has 4 heteroatoms. The maximum atomic E-state index is 12.5. The van der Waals surface area contributed by atoms with E-state index >= 15 is 0 Å². The molecule has 0 aliphatic carbocycles. The third-order valence-corrected chi connectivity index (χ3v) is 1.74. The van der Waals surface area contributed by atoms with E-state index in [1.54, 1.807) is 19.1 Å². The van der Waals surface area contributed by atoms with Crippen molar-refractivity contribution in [3.63, 3.8) is 0 Å². The zero-order valence-corrected chi connectivity index (χ0v) is 7.83. The molecule has 0 aliphatic rings. The highest BCUT2D eigenvalue weighted by molar-refractivity contribution is 5.68. The molecule has 1 atom stereocenters. The molecule has 0 radical (unpaired) electrons. The Morgan fingerprint density at radius 1 is 1.50 bits per heavy atom. The number of rotatable bonds is 4. The van der Waals surface area contributed by atoms with Crippen LogP contribution in [0.4, 0.5) is 10.1 Å². The van der Waals surface area contributed by atoms with Gasteiger partial charge in [0.1, 0.15) is 5.82 Å². The van der Waals surface area contributed by atoms with Gasteiger partial charge in [-0.25, -0.2) is 4.39 Å². The first-order valence-electron chi connectivity index (χ1n) is 4.32. The molecule has 0 spiro atoms. The number of aliphatic carboxylic acids is 1. The minimum Gasteiger partial charge on any atom is -0.481 e. The molecule has 0 amide bonds. The number of carbonyl (C=O) groups is 1. The van der Waals surface area contributed by atoms with Crippen LogP contribution in [-0.2, 0) is 4.79 Å². The lowest BCUT2D eigenvalue weighted by molar-refractivity contribution is -0.137. The van der Waals surface area contributed by atoms with Gasteiger partial charge >= 0.3 is 5.97 Å². The van der Waals surface area contributed by atoms with Crippen LogP contribution in [-0.4, -0.2) is 17.1 Å². The van der Waals surface area contributed by atoms with E-state index in [0.29, 0.717) is 0 Å². The topological polar surface area (TPSA) is 49.3 Å². The first kappa shape index (κ1) is 10.5. The average molecular weight is 197 g/mol. The number of carboxylic acid groups (broad SMARTS) is 1. The summed E-state index contributed by atoms with van der Waals surface area (Å²) < 4.78 is 12.5. The molecule has 0 heterocycles. The molecule has 1 aromatic rings. The first-order valence-corrected chi connectivity index (χ1v) is 4.32. The summed E-state index contributed by atoms with van der Waals surface area (Å²) in [5.74, 6) is -1.16. The van der Waals surface area contributed by atoms with Gasteiger partial charge in [-0.15, -0.1) is 0 Å². The second-order valence-electron chi connectivity index (χ2n) is 3.15. The van der Waals surface area contributed by atoms with Crippen molar-refractivity contribution in [1.82, 2.24) is 0 Å². The average Bonchev–Trinajstić information content (AvgIpc) is 2.07. The van der Waals surface area contributed by atoms with Crippen LogP contribution in [0.15, 0.2) is 24.3 Å². The summed E-state index contributed by atoms with van der Waals surface area (Å²) in [6.45, 7) is 1.76. The summed E-state index contributed by atoms with van der Waals surface area (Å²) in [7, 11) is 0. The Morgan fingerprint density at radius 3 is 2.57 bits per heavy atom. The normalized spacial score (nSPS) is 12.1. The van der Waals surface area contributed by atoms with Crippen molar-refractivity contribution in [3.05, 3.63) is 30.1 Å². The summed E-state index contributed by atoms with van der Waals surface area (Å²) >= 11 is 0. The second kappa shape index (κ2) is 4.60. The SMILES string of the molecule is CC(CC(=O)O)Nc1ccc(F)cc1. The Morgan fingerprint density at radius 2 is 2.07 bits per heavy atom. The van der Waals surface area contributed by atoms with E-state index in [9.17, 15) is 9.18 Å². The predicted octanol–water partition coefficient (Wildman–Crippen LogP) is 2.10. The Kier molecular flexibility index (Phi) is 3.45. The van der Waals surface area contributed by atoms with Gasteiger partial charge in [0.2, 0.25) is 0 Å². The second-order valence-corrected chi connectivity index (χ2v) is 3.15. The van der Waals surface area contributed by atoms with Crippen molar-refractivity contribution in [1.29, 1.82) is 0 Å². The smallest absolute Gasteiger partial charge is 0.305 e. The lowest BCUT2D eigenvalue weighted by atomic mass is 10.2. The molecule has 0 saturated heterocycles. The van der Waals surface area contributed by atoms with Gasteiger partial charge in [0.15, 0.2) is 0 Å². The highest BCUT2D eigenvalue weighted by atomic mass is 19.1.